The standard InChI is InChI=1S/C14H19BrN2O/c1-9(2)14(5-6-14)8-17-13(18)11-7-10(15)3-4-12(11)16/h3-4,7,9H,5-6,8,16H2,1-2H3,(H,17,18). The minimum atomic E-state index is -0.0827. The number of halogens is 1. The highest BCUT2D eigenvalue weighted by Gasteiger charge is 2.45. The Morgan fingerprint density at radius 2 is 2.17 bits per heavy atom. The topological polar surface area (TPSA) is 55.1 Å². The van der Waals surface area contributed by atoms with Crippen molar-refractivity contribution in [1.82, 2.24) is 5.32 Å². The van der Waals surface area contributed by atoms with Crippen LogP contribution in [0.25, 0.3) is 0 Å². The molecule has 3 N–H and O–H groups in total. The maximum Gasteiger partial charge on any atom is 0.253 e. The quantitative estimate of drug-likeness (QED) is 0.839. The molecule has 1 aliphatic rings. The molecular weight excluding hydrogens is 292 g/mol. The van der Waals surface area contributed by atoms with Gasteiger partial charge in [-0.3, -0.25) is 4.79 Å². The number of nitrogens with two attached hydrogens (primary N) is 1. The van der Waals surface area contributed by atoms with E-state index in [-0.39, 0.29) is 5.91 Å². The summed E-state index contributed by atoms with van der Waals surface area (Å²) in [6, 6.07) is 5.34. The monoisotopic (exact) mass is 310 g/mol. The third-order valence-corrected chi connectivity index (χ3v) is 4.47. The van der Waals surface area contributed by atoms with E-state index in [4.69, 9.17) is 5.73 Å². The van der Waals surface area contributed by atoms with Crippen molar-refractivity contribution in [3.8, 4) is 0 Å². The number of carbonyl (C=O) groups excluding carboxylic acids is 1. The van der Waals surface area contributed by atoms with Gasteiger partial charge in [0.05, 0.1) is 5.56 Å². The predicted molar refractivity (Wildman–Crippen MR) is 77.4 cm³/mol. The minimum Gasteiger partial charge on any atom is -0.398 e. The van der Waals surface area contributed by atoms with Crippen LogP contribution < -0.4 is 11.1 Å². The Balaban J connectivity index is 2.02. The zero-order valence-corrected chi connectivity index (χ0v) is 12.4. The smallest absolute Gasteiger partial charge is 0.253 e. The first-order valence-corrected chi connectivity index (χ1v) is 7.07. The Morgan fingerprint density at radius 1 is 1.50 bits per heavy atom. The number of nitrogen functional groups attached to an aromatic ring is 1. The molecule has 0 atom stereocenters. The second-order valence-electron chi connectivity index (χ2n) is 5.43. The third kappa shape index (κ3) is 2.69. The predicted octanol–water partition coefficient (Wildman–Crippen LogP) is 3.20. The largest absolute Gasteiger partial charge is 0.398 e. The molecule has 0 radical (unpaired) electrons. The highest BCUT2D eigenvalue weighted by molar-refractivity contribution is 9.10. The summed E-state index contributed by atoms with van der Waals surface area (Å²) in [5, 5.41) is 3.01. The Hall–Kier alpha value is -1.03. The van der Waals surface area contributed by atoms with E-state index in [0.29, 0.717) is 22.6 Å². The number of hydrogen-bond donors (Lipinski definition) is 2. The van der Waals surface area contributed by atoms with E-state index in [1.807, 2.05) is 6.07 Å². The van der Waals surface area contributed by atoms with E-state index >= 15 is 0 Å². The lowest BCUT2D eigenvalue weighted by atomic mass is 9.92. The Kier molecular flexibility index (Phi) is 3.66. The Morgan fingerprint density at radius 3 is 2.72 bits per heavy atom. The highest BCUT2D eigenvalue weighted by atomic mass is 79.9. The molecule has 3 nitrogen and oxygen atoms in total. The maximum absolute atomic E-state index is 12.1. The van der Waals surface area contributed by atoms with Crippen LogP contribution >= 0.6 is 15.9 Å². The molecule has 0 unspecified atom stereocenters. The van der Waals surface area contributed by atoms with Gasteiger partial charge in [-0.25, -0.2) is 0 Å². The fourth-order valence-corrected chi connectivity index (χ4v) is 2.56. The molecule has 1 aliphatic carbocycles. The van der Waals surface area contributed by atoms with E-state index < -0.39 is 0 Å². The van der Waals surface area contributed by atoms with E-state index in [9.17, 15) is 4.79 Å². The molecule has 98 valence electrons. The number of amides is 1. The molecule has 4 heteroatoms. The van der Waals surface area contributed by atoms with Crippen molar-refractivity contribution in [3.63, 3.8) is 0 Å². The summed E-state index contributed by atoms with van der Waals surface area (Å²) in [6.07, 6.45) is 2.41. The molecule has 0 aromatic heterocycles. The van der Waals surface area contributed by atoms with Gasteiger partial charge in [0.25, 0.3) is 5.91 Å². The molecule has 1 fully saturated rings. The average Bonchev–Trinajstić information content (AvgIpc) is 3.10. The molecule has 0 saturated heterocycles. The van der Waals surface area contributed by atoms with Crippen LogP contribution in [0.15, 0.2) is 22.7 Å². The van der Waals surface area contributed by atoms with Crippen LogP contribution in [-0.4, -0.2) is 12.5 Å². The molecule has 0 aliphatic heterocycles. The van der Waals surface area contributed by atoms with Crippen molar-refractivity contribution in [2.75, 3.05) is 12.3 Å². The molecule has 1 aromatic carbocycles. The summed E-state index contributed by atoms with van der Waals surface area (Å²) in [5.41, 5.74) is 7.20. The molecular formula is C14H19BrN2O. The molecule has 0 bridgehead atoms. The Bertz CT molecular complexity index is 467. The van der Waals surface area contributed by atoms with Crippen molar-refractivity contribution in [2.24, 2.45) is 11.3 Å². The van der Waals surface area contributed by atoms with Crippen molar-refractivity contribution >= 4 is 27.5 Å². The van der Waals surface area contributed by atoms with Gasteiger partial charge in [0, 0.05) is 16.7 Å². The van der Waals surface area contributed by atoms with Gasteiger partial charge >= 0.3 is 0 Å². The fourth-order valence-electron chi connectivity index (χ4n) is 2.20. The first kappa shape index (κ1) is 13.4. The van der Waals surface area contributed by atoms with Crippen molar-refractivity contribution in [2.45, 2.75) is 26.7 Å². The van der Waals surface area contributed by atoms with E-state index in [0.717, 1.165) is 11.0 Å². The average molecular weight is 311 g/mol. The minimum absolute atomic E-state index is 0.0827. The van der Waals surface area contributed by atoms with Gasteiger partial charge < -0.3 is 11.1 Å². The maximum atomic E-state index is 12.1. The highest BCUT2D eigenvalue weighted by Crippen LogP contribution is 2.51. The van der Waals surface area contributed by atoms with Crippen molar-refractivity contribution in [1.29, 1.82) is 0 Å². The fraction of sp³-hybridized carbons (Fsp3) is 0.500. The molecule has 1 aromatic rings. The van der Waals surface area contributed by atoms with Gasteiger partial charge in [-0.05, 0) is 42.4 Å². The second-order valence-corrected chi connectivity index (χ2v) is 6.35. The molecule has 0 heterocycles. The lowest BCUT2D eigenvalue weighted by Crippen LogP contribution is -2.33. The van der Waals surface area contributed by atoms with Crippen LogP contribution in [0, 0.1) is 11.3 Å². The van der Waals surface area contributed by atoms with E-state index in [2.05, 4.69) is 35.1 Å². The number of hydrogen-bond acceptors (Lipinski definition) is 2. The van der Waals surface area contributed by atoms with Crippen LogP contribution in [-0.2, 0) is 0 Å². The van der Waals surface area contributed by atoms with Crippen LogP contribution in [0.2, 0.25) is 0 Å². The summed E-state index contributed by atoms with van der Waals surface area (Å²) >= 11 is 3.36. The van der Waals surface area contributed by atoms with Crippen LogP contribution in [0.3, 0.4) is 0 Å². The SMILES string of the molecule is CC(C)C1(CNC(=O)c2cc(Br)ccc2N)CC1. The molecule has 1 saturated carbocycles. The molecule has 18 heavy (non-hydrogen) atoms. The normalized spacial score (nSPS) is 16.7. The summed E-state index contributed by atoms with van der Waals surface area (Å²) in [6.45, 7) is 5.18. The number of benzene rings is 1. The van der Waals surface area contributed by atoms with Gasteiger partial charge in [0.1, 0.15) is 0 Å². The molecule has 1 amide bonds. The van der Waals surface area contributed by atoms with Crippen molar-refractivity contribution < 1.29 is 4.79 Å². The first-order valence-electron chi connectivity index (χ1n) is 6.28. The van der Waals surface area contributed by atoms with Gasteiger partial charge in [0.2, 0.25) is 0 Å². The van der Waals surface area contributed by atoms with Crippen LogP contribution in [0.5, 0.6) is 0 Å². The first-order chi connectivity index (χ1) is 8.44. The zero-order valence-electron chi connectivity index (χ0n) is 10.8. The summed E-state index contributed by atoms with van der Waals surface area (Å²) < 4.78 is 0.867. The summed E-state index contributed by atoms with van der Waals surface area (Å²) in [7, 11) is 0. The number of carbonyl (C=O) groups is 1. The number of nitrogens with one attached hydrogen (secondary N) is 1. The Labute approximate surface area is 116 Å². The molecule has 0 spiro atoms. The van der Waals surface area contributed by atoms with Gasteiger partial charge in [0.15, 0.2) is 0 Å². The lowest BCUT2D eigenvalue weighted by molar-refractivity contribution is 0.0940. The third-order valence-electron chi connectivity index (χ3n) is 3.98. The van der Waals surface area contributed by atoms with Gasteiger partial charge in [-0.15, -0.1) is 0 Å². The number of anilines is 1. The lowest BCUT2D eigenvalue weighted by Gasteiger charge is -2.20. The van der Waals surface area contributed by atoms with Crippen LogP contribution in [0.1, 0.15) is 37.0 Å². The van der Waals surface area contributed by atoms with E-state index in [1.165, 1.54) is 12.8 Å². The van der Waals surface area contributed by atoms with Crippen molar-refractivity contribution in [3.05, 3.63) is 28.2 Å². The molecule has 2 rings (SSSR count). The number of rotatable bonds is 4. The van der Waals surface area contributed by atoms with Gasteiger partial charge in [-0.2, -0.15) is 0 Å². The van der Waals surface area contributed by atoms with Gasteiger partial charge in [-0.1, -0.05) is 29.8 Å². The van der Waals surface area contributed by atoms with Crippen LogP contribution in [0.4, 0.5) is 5.69 Å². The summed E-state index contributed by atoms with van der Waals surface area (Å²) in [5.74, 6) is 0.526. The second kappa shape index (κ2) is 4.92. The zero-order chi connectivity index (χ0) is 13.3. The van der Waals surface area contributed by atoms with E-state index in [1.54, 1.807) is 12.1 Å². The summed E-state index contributed by atoms with van der Waals surface area (Å²) in [4.78, 5) is 12.1.